The summed E-state index contributed by atoms with van der Waals surface area (Å²) in [5, 5.41) is 10.3. The molecule has 0 saturated carbocycles. The fourth-order valence-corrected chi connectivity index (χ4v) is 1.48. The number of alkyl halides is 3. The first-order valence-corrected chi connectivity index (χ1v) is 5.72. The van der Waals surface area contributed by atoms with Gasteiger partial charge in [0.2, 0.25) is 0 Å². The van der Waals surface area contributed by atoms with Crippen LogP contribution in [0.2, 0.25) is 0 Å². The van der Waals surface area contributed by atoms with Gasteiger partial charge in [0.05, 0.1) is 6.42 Å². The highest BCUT2D eigenvalue weighted by Gasteiger charge is 2.39. The molecule has 7 heteroatoms. The quantitative estimate of drug-likeness (QED) is 0.745. The number of carboxylic acids is 1. The molecule has 0 aliphatic rings. The number of rotatable bonds is 7. The summed E-state index contributed by atoms with van der Waals surface area (Å²) in [6, 6.07) is -0.977. The van der Waals surface area contributed by atoms with Crippen LogP contribution in [0.1, 0.15) is 39.5 Å². The van der Waals surface area contributed by atoms with E-state index in [0.29, 0.717) is 12.3 Å². The summed E-state index contributed by atoms with van der Waals surface area (Å²) < 4.78 is 36.1. The molecule has 0 spiro atoms. The van der Waals surface area contributed by atoms with Gasteiger partial charge in [-0.3, -0.25) is 9.59 Å². The first-order chi connectivity index (χ1) is 8.12. The molecule has 0 aromatic rings. The maximum absolute atomic E-state index is 12.0. The Balaban J connectivity index is 4.31. The minimum absolute atomic E-state index is 0.228. The van der Waals surface area contributed by atoms with E-state index in [2.05, 4.69) is 0 Å². The summed E-state index contributed by atoms with van der Waals surface area (Å²) in [7, 11) is 0. The number of carboxylic acid groups (broad SMARTS) is 1. The van der Waals surface area contributed by atoms with Crippen LogP contribution in [0.3, 0.4) is 0 Å². The van der Waals surface area contributed by atoms with Crippen LogP contribution in [0.25, 0.3) is 0 Å². The second-order valence-electron chi connectivity index (χ2n) is 4.59. The van der Waals surface area contributed by atoms with Crippen LogP contribution in [0.5, 0.6) is 0 Å². The molecule has 0 radical (unpaired) electrons. The second-order valence-corrected chi connectivity index (χ2v) is 4.59. The van der Waals surface area contributed by atoms with Crippen molar-refractivity contribution in [2.45, 2.75) is 51.7 Å². The van der Waals surface area contributed by atoms with Crippen molar-refractivity contribution in [1.29, 1.82) is 0 Å². The number of halogens is 3. The lowest BCUT2D eigenvalue weighted by molar-refractivity contribution is -0.174. The lowest BCUT2D eigenvalue weighted by Crippen LogP contribution is -2.44. The van der Waals surface area contributed by atoms with E-state index in [0.717, 1.165) is 6.42 Å². The molecule has 1 unspecified atom stereocenters. The number of hydrogen-bond acceptors (Lipinski definition) is 2. The molecule has 0 aromatic carbocycles. The van der Waals surface area contributed by atoms with Crippen molar-refractivity contribution in [3.8, 4) is 0 Å². The van der Waals surface area contributed by atoms with Crippen LogP contribution < -0.4 is 5.32 Å². The van der Waals surface area contributed by atoms with Gasteiger partial charge < -0.3 is 10.4 Å². The Labute approximate surface area is 104 Å². The third-order valence-electron chi connectivity index (χ3n) is 2.35. The molecule has 0 heterocycles. The molecule has 18 heavy (non-hydrogen) atoms. The van der Waals surface area contributed by atoms with Crippen LogP contribution in [-0.4, -0.2) is 29.2 Å². The number of nitrogens with one attached hydrogen (secondary N) is 1. The lowest BCUT2D eigenvalue weighted by atomic mass is 10.0. The molecule has 0 aliphatic carbocycles. The minimum atomic E-state index is -4.98. The molecule has 0 saturated heterocycles. The van der Waals surface area contributed by atoms with Gasteiger partial charge in [0, 0.05) is 6.04 Å². The number of aliphatic carboxylic acids is 1. The highest BCUT2D eigenvalue weighted by atomic mass is 19.4. The molecule has 1 atom stereocenters. The molecule has 0 rings (SSSR count). The van der Waals surface area contributed by atoms with Crippen LogP contribution in [0.4, 0.5) is 13.2 Å². The minimum Gasteiger partial charge on any atom is -0.481 e. The summed E-state index contributed by atoms with van der Waals surface area (Å²) >= 11 is 0. The SMILES string of the molecule is CC(C)CCCC(CC(=O)O)NC(=O)C(F)(F)F. The number of hydrogen-bond donors (Lipinski definition) is 2. The lowest BCUT2D eigenvalue weighted by Gasteiger charge is -2.18. The van der Waals surface area contributed by atoms with E-state index in [1.807, 2.05) is 13.8 Å². The zero-order valence-electron chi connectivity index (χ0n) is 10.4. The van der Waals surface area contributed by atoms with Gasteiger partial charge in [0.25, 0.3) is 0 Å². The number of amides is 1. The van der Waals surface area contributed by atoms with Crippen molar-refractivity contribution in [2.75, 3.05) is 0 Å². The van der Waals surface area contributed by atoms with E-state index < -0.39 is 30.5 Å². The predicted molar refractivity (Wildman–Crippen MR) is 58.9 cm³/mol. The molecule has 1 amide bonds. The fraction of sp³-hybridized carbons (Fsp3) is 0.818. The van der Waals surface area contributed by atoms with Gasteiger partial charge in [0.15, 0.2) is 0 Å². The third-order valence-corrected chi connectivity index (χ3v) is 2.35. The first-order valence-electron chi connectivity index (χ1n) is 5.72. The molecule has 0 bridgehead atoms. The molecule has 0 aromatic heterocycles. The summed E-state index contributed by atoms with van der Waals surface area (Å²) in [5.74, 6) is -2.93. The van der Waals surface area contributed by atoms with Crippen LogP contribution >= 0.6 is 0 Å². The smallest absolute Gasteiger partial charge is 0.471 e. The Hall–Kier alpha value is -1.27. The molecule has 0 fully saturated rings. The summed E-state index contributed by atoms with van der Waals surface area (Å²) in [4.78, 5) is 21.2. The topological polar surface area (TPSA) is 66.4 Å². The summed E-state index contributed by atoms with van der Waals surface area (Å²) in [6.07, 6.45) is -3.90. The zero-order chi connectivity index (χ0) is 14.3. The van der Waals surface area contributed by atoms with E-state index in [9.17, 15) is 22.8 Å². The number of carbonyl (C=O) groups excluding carboxylic acids is 1. The van der Waals surface area contributed by atoms with E-state index >= 15 is 0 Å². The average molecular weight is 269 g/mol. The van der Waals surface area contributed by atoms with Gasteiger partial charge in [-0.15, -0.1) is 0 Å². The molecule has 106 valence electrons. The standard InChI is InChI=1S/C11H18F3NO3/c1-7(2)4-3-5-8(6-9(16)17)15-10(18)11(12,13)14/h7-8H,3-6H2,1-2H3,(H,15,18)(H,16,17). The highest BCUT2D eigenvalue weighted by molar-refractivity contribution is 5.82. The van der Waals surface area contributed by atoms with E-state index in [1.54, 1.807) is 5.32 Å². The summed E-state index contributed by atoms with van der Waals surface area (Å²) in [6.45, 7) is 3.92. The Morgan fingerprint density at radius 2 is 1.78 bits per heavy atom. The van der Waals surface area contributed by atoms with Crippen LogP contribution in [-0.2, 0) is 9.59 Å². The molecular formula is C11H18F3NO3. The third kappa shape index (κ3) is 7.92. The van der Waals surface area contributed by atoms with Gasteiger partial charge in [-0.05, 0) is 12.3 Å². The molecular weight excluding hydrogens is 251 g/mol. The van der Waals surface area contributed by atoms with Crippen LogP contribution in [0.15, 0.2) is 0 Å². The van der Waals surface area contributed by atoms with E-state index in [-0.39, 0.29) is 6.42 Å². The van der Waals surface area contributed by atoms with Gasteiger partial charge in [0.1, 0.15) is 0 Å². The van der Waals surface area contributed by atoms with Crippen molar-refractivity contribution in [2.24, 2.45) is 5.92 Å². The van der Waals surface area contributed by atoms with Gasteiger partial charge in [-0.2, -0.15) is 13.2 Å². The van der Waals surface area contributed by atoms with Crippen molar-refractivity contribution >= 4 is 11.9 Å². The largest absolute Gasteiger partial charge is 0.481 e. The Morgan fingerprint density at radius 3 is 2.17 bits per heavy atom. The Morgan fingerprint density at radius 1 is 1.22 bits per heavy atom. The van der Waals surface area contributed by atoms with Crippen molar-refractivity contribution in [3.63, 3.8) is 0 Å². The predicted octanol–water partition coefficient (Wildman–Crippen LogP) is 2.33. The zero-order valence-corrected chi connectivity index (χ0v) is 10.4. The molecule has 2 N–H and O–H groups in total. The number of carbonyl (C=O) groups is 2. The van der Waals surface area contributed by atoms with Crippen molar-refractivity contribution in [1.82, 2.24) is 5.32 Å². The Bertz CT molecular complexity index is 290. The maximum atomic E-state index is 12.0. The maximum Gasteiger partial charge on any atom is 0.471 e. The Kier molecular flexibility index (Phi) is 6.72. The van der Waals surface area contributed by atoms with Gasteiger partial charge in [-0.1, -0.05) is 26.7 Å². The monoisotopic (exact) mass is 269 g/mol. The van der Waals surface area contributed by atoms with Crippen molar-refractivity contribution in [3.05, 3.63) is 0 Å². The van der Waals surface area contributed by atoms with E-state index in [4.69, 9.17) is 5.11 Å². The first kappa shape index (κ1) is 16.7. The van der Waals surface area contributed by atoms with Gasteiger partial charge in [-0.25, -0.2) is 0 Å². The van der Waals surface area contributed by atoms with Crippen molar-refractivity contribution < 1.29 is 27.9 Å². The summed E-state index contributed by atoms with van der Waals surface area (Å²) in [5.41, 5.74) is 0. The average Bonchev–Trinajstić information content (AvgIpc) is 2.14. The highest BCUT2D eigenvalue weighted by Crippen LogP contribution is 2.16. The van der Waals surface area contributed by atoms with Crippen LogP contribution in [0, 0.1) is 5.92 Å². The normalized spacial score (nSPS) is 13.4. The van der Waals surface area contributed by atoms with Gasteiger partial charge >= 0.3 is 18.1 Å². The van der Waals surface area contributed by atoms with E-state index in [1.165, 1.54) is 0 Å². The fourth-order valence-electron chi connectivity index (χ4n) is 1.48. The molecule has 0 aliphatic heterocycles. The molecule has 4 nitrogen and oxygen atoms in total. The second kappa shape index (κ2) is 7.23.